The van der Waals surface area contributed by atoms with E-state index in [1.165, 1.54) is 15.9 Å². The molecule has 3 atom stereocenters. The van der Waals surface area contributed by atoms with Crippen LogP contribution in [0, 0.1) is 5.41 Å². The number of likely N-dealkylation sites (tertiary alicyclic amines) is 1. The number of carbonyl (C=O) groups excluding carboxylic acids is 2. The van der Waals surface area contributed by atoms with Crippen LogP contribution in [0.2, 0.25) is 5.02 Å². The van der Waals surface area contributed by atoms with Crippen LogP contribution in [0.25, 0.3) is 16.8 Å². The van der Waals surface area contributed by atoms with Crippen molar-refractivity contribution in [3.8, 4) is 16.8 Å². The second-order valence-electron chi connectivity index (χ2n) is 12.5. The zero-order valence-electron chi connectivity index (χ0n) is 26.1. The average Bonchev–Trinajstić information content (AvgIpc) is 3.58. The molecule has 3 N–H and O–H groups in total. The van der Waals surface area contributed by atoms with E-state index in [4.69, 9.17) is 11.6 Å². The fourth-order valence-electron chi connectivity index (χ4n) is 6.24. The minimum Gasteiger partial charge on any atom is -0.465 e. The molecule has 1 aliphatic rings. The second-order valence-corrected chi connectivity index (χ2v) is 13.0. The summed E-state index contributed by atoms with van der Waals surface area (Å²) < 4.78 is 1.46. The summed E-state index contributed by atoms with van der Waals surface area (Å²) in [5.74, 6) is -1.04. The Kier molecular flexibility index (Phi) is 9.38. The van der Waals surface area contributed by atoms with E-state index in [0.29, 0.717) is 22.7 Å². The lowest BCUT2D eigenvalue weighted by atomic mass is 9.63. The highest BCUT2D eigenvalue weighted by molar-refractivity contribution is 6.30. The summed E-state index contributed by atoms with van der Waals surface area (Å²) >= 11 is 6.21. The molecule has 46 heavy (non-hydrogen) atoms. The molecule has 240 valence electrons. The van der Waals surface area contributed by atoms with Gasteiger partial charge in [0, 0.05) is 30.5 Å². The zero-order valence-corrected chi connectivity index (χ0v) is 26.9. The Labute approximate surface area is 272 Å². The second kappa shape index (κ2) is 13.3. The Bertz CT molecular complexity index is 1690. The van der Waals surface area contributed by atoms with Gasteiger partial charge >= 0.3 is 6.09 Å². The summed E-state index contributed by atoms with van der Waals surface area (Å²) in [5, 5.41) is 27.7. The molecule has 3 heterocycles. The van der Waals surface area contributed by atoms with Crippen molar-refractivity contribution in [2.24, 2.45) is 5.41 Å². The first-order chi connectivity index (χ1) is 21.9. The van der Waals surface area contributed by atoms with Crippen molar-refractivity contribution < 1.29 is 19.5 Å². The minimum atomic E-state index is -1.45. The maximum atomic E-state index is 14.3. The summed E-state index contributed by atoms with van der Waals surface area (Å²) in [6.45, 7) is 7.43. The number of tetrazole rings is 1. The van der Waals surface area contributed by atoms with Crippen molar-refractivity contribution in [3.63, 3.8) is 0 Å². The molecule has 1 aliphatic heterocycles. The Hall–Kier alpha value is -4.84. The number of pyridine rings is 1. The molecule has 13 heteroatoms. The van der Waals surface area contributed by atoms with Crippen LogP contribution < -0.4 is 10.6 Å². The van der Waals surface area contributed by atoms with Gasteiger partial charge in [-0.25, -0.2) is 9.48 Å². The Morgan fingerprint density at radius 2 is 1.87 bits per heavy atom. The first-order valence-electron chi connectivity index (χ1n) is 15.0. The highest BCUT2D eigenvalue weighted by atomic mass is 35.5. The standard InChI is InChI=1S/C33H37ClN8O4/c1-21(29(43)36-19-26-16-27(34)11-12-28(26)42-20-37-39-40-42)38-30(44)33(32(2,3)4)17-24(13-15-41(33)31(45)46)22-7-9-23(10-8-22)25-6-5-14-35-18-25/h5-12,14,16,18,20-21,24H,13,15,17,19H2,1-4H3,(H,36,43)(H,38,44)(H,45,46)/t21?,24-,33-/m0/s1. The topological polar surface area (TPSA) is 155 Å². The van der Waals surface area contributed by atoms with Gasteiger partial charge in [-0.3, -0.25) is 19.5 Å². The van der Waals surface area contributed by atoms with E-state index in [-0.39, 0.29) is 25.4 Å². The normalized spacial score (nSPS) is 18.9. The van der Waals surface area contributed by atoms with Crippen LogP contribution in [0.15, 0.2) is 73.3 Å². The number of halogens is 1. The fraction of sp³-hybridized carbons (Fsp3) is 0.364. The molecule has 0 bridgehead atoms. The number of nitrogens with one attached hydrogen (secondary N) is 2. The number of hydrogen-bond acceptors (Lipinski definition) is 7. The van der Waals surface area contributed by atoms with Crippen LogP contribution in [0.3, 0.4) is 0 Å². The summed E-state index contributed by atoms with van der Waals surface area (Å²) in [7, 11) is 0. The van der Waals surface area contributed by atoms with Crippen molar-refractivity contribution in [2.45, 2.75) is 64.6 Å². The van der Waals surface area contributed by atoms with Gasteiger partial charge in [-0.15, -0.1) is 5.10 Å². The number of hydrogen-bond donors (Lipinski definition) is 3. The maximum absolute atomic E-state index is 14.3. The third-order valence-corrected chi connectivity index (χ3v) is 8.99. The third kappa shape index (κ3) is 6.57. The van der Waals surface area contributed by atoms with E-state index in [1.807, 2.05) is 57.2 Å². The molecule has 1 unspecified atom stereocenters. The van der Waals surface area contributed by atoms with Gasteiger partial charge in [0.2, 0.25) is 11.8 Å². The van der Waals surface area contributed by atoms with E-state index >= 15 is 0 Å². The number of benzene rings is 2. The largest absolute Gasteiger partial charge is 0.465 e. The summed E-state index contributed by atoms with van der Waals surface area (Å²) in [6.07, 6.45) is 4.60. The van der Waals surface area contributed by atoms with E-state index in [2.05, 4.69) is 31.1 Å². The Morgan fingerprint density at radius 1 is 1.11 bits per heavy atom. The van der Waals surface area contributed by atoms with Gasteiger partial charge in [-0.1, -0.05) is 62.7 Å². The van der Waals surface area contributed by atoms with Crippen LogP contribution in [0.5, 0.6) is 0 Å². The Morgan fingerprint density at radius 3 is 2.50 bits per heavy atom. The zero-order chi connectivity index (χ0) is 33.1. The van der Waals surface area contributed by atoms with Crippen LogP contribution in [0.1, 0.15) is 57.6 Å². The molecule has 0 radical (unpaired) electrons. The van der Waals surface area contributed by atoms with Gasteiger partial charge in [-0.05, 0) is 88.0 Å². The molecule has 1 saturated heterocycles. The third-order valence-electron chi connectivity index (χ3n) is 8.76. The monoisotopic (exact) mass is 644 g/mol. The first kappa shape index (κ1) is 32.6. The lowest BCUT2D eigenvalue weighted by Gasteiger charge is -2.54. The smallest absolute Gasteiger partial charge is 0.408 e. The van der Waals surface area contributed by atoms with Gasteiger partial charge < -0.3 is 15.7 Å². The summed E-state index contributed by atoms with van der Waals surface area (Å²) in [4.78, 5) is 45.7. The number of rotatable bonds is 8. The van der Waals surface area contributed by atoms with Gasteiger partial charge in [0.25, 0.3) is 0 Å². The van der Waals surface area contributed by atoms with E-state index in [9.17, 15) is 19.5 Å². The highest BCUT2D eigenvalue weighted by Gasteiger charge is 2.58. The molecule has 12 nitrogen and oxygen atoms in total. The summed E-state index contributed by atoms with van der Waals surface area (Å²) in [5.41, 5.74) is 2.08. The lowest BCUT2D eigenvalue weighted by Crippen LogP contribution is -2.70. The molecule has 0 aliphatic carbocycles. The minimum absolute atomic E-state index is 0.0832. The van der Waals surface area contributed by atoms with Crippen LogP contribution >= 0.6 is 11.6 Å². The molecule has 3 amide bonds. The van der Waals surface area contributed by atoms with E-state index in [0.717, 1.165) is 16.7 Å². The van der Waals surface area contributed by atoms with Gasteiger partial charge in [0.05, 0.1) is 5.69 Å². The summed E-state index contributed by atoms with van der Waals surface area (Å²) in [6, 6.07) is 16.1. The number of carbonyl (C=O) groups is 3. The number of nitrogens with zero attached hydrogens (tertiary/aromatic N) is 6. The molecule has 5 rings (SSSR count). The Balaban J connectivity index is 1.35. The number of aromatic nitrogens is 5. The molecule has 2 aromatic heterocycles. The lowest BCUT2D eigenvalue weighted by molar-refractivity contribution is -0.146. The maximum Gasteiger partial charge on any atom is 0.408 e. The number of carboxylic acid groups (broad SMARTS) is 1. The van der Waals surface area contributed by atoms with Crippen molar-refractivity contribution in [3.05, 3.63) is 89.5 Å². The van der Waals surface area contributed by atoms with Crippen molar-refractivity contribution in [2.75, 3.05) is 6.54 Å². The molecule has 4 aromatic rings. The quantitative estimate of drug-likeness (QED) is 0.246. The van der Waals surface area contributed by atoms with Gasteiger partial charge in [0.1, 0.15) is 17.9 Å². The first-order valence-corrected chi connectivity index (χ1v) is 15.4. The van der Waals surface area contributed by atoms with Crippen LogP contribution in [0.4, 0.5) is 4.79 Å². The van der Waals surface area contributed by atoms with E-state index < -0.39 is 34.9 Å². The van der Waals surface area contributed by atoms with Crippen LogP contribution in [-0.4, -0.2) is 71.2 Å². The van der Waals surface area contributed by atoms with Crippen LogP contribution in [-0.2, 0) is 16.1 Å². The van der Waals surface area contributed by atoms with E-state index in [1.54, 1.807) is 37.5 Å². The molecular weight excluding hydrogens is 608 g/mol. The molecule has 0 saturated carbocycles. The molecular formula is C33H37ClN8O4. The fourth-order valence-corrected chi connectivity index (χ4v) is 6.44. The van der Waals surface area contributed by atoms with Gasteiger partial charge in [-0.2, -0.15) is 0 Å². The SMILES string of the molecule is CC(NC(=O)[C@]1(C(C)(C)C)C[C@@H](c2ccc(-c3cccnc3)cc2)CCN1C(=O)O)C(=O)NCc1cc(Cl)ccc1-n1cnnn1. The number of piperidine rings is 1. The van der Waals surface area contributed by atoms with Crippen molar-refractivity contribution in [1.82, 2.24) is 40.7 Å². The van der Waals surface area contributed by atoms with Crippen molar-refractivity contribution >= 4 is 29.5 Å². The number of amides is 3. The van der Waals surface area contributed by atoms with Gasteiger partial charge in [0.15, 0.2) is 0 Å². The molecule has 0 spiro atoms. The molecule has 2 aromatic carbocycles. The van der Waals surface area contributed by atoms with Crippen molar-refractivity contribution in [1.29, 1.82) is 0 Å². The highest BCUT2D eigenvalue weighted by Crippen LogP contribution is 2.48. The predicted octanol–water partition coefficient (Wildman–Crippen LogP) is 4.84. The molecule has 1 fully saturated rings. The predicted molar refractivity (Wildman–Crippen MR) is 172 cm³/mol. The average molecular weight is 645 g/mol.